The summed E-state index contributed by atoms with van der Waals surface area (Å²) in [6.07, 6.45) is 1.56. The minimum atomic E-state index is -1.59. The summed E-state index contributed by atoms with van der Waals surface area (Å²) in [5.74, 6) is 1.13. The van der Waals surface area contributed by atoms with Crippen molar-refractivity contribution < 1.29 is 38.7 Å². The van der Waals surface area contributed by atoms with Gasteiger partial charge in [-0.2, -0.15) is 0 Å². The number of carboxylic acid groups (broad SMARTS) is 1. The molecule has 4 aromatic rings. The summed E-state index contributed by atoms with van der Waals surface area (Å²) in [4.78, 5) is 27.4. The molecule has 3 aromatic carbocycles. The van der Waals surface area contributed by atoms with E-state index in [0.717, 1.165) is 33.6 Å². The van der Waals surface area contributed by atoms with Gasteiger partial charge in [0, 0.05) is 31.3 Å². The van der Waals surface area contributed by atoms with E-state index in [4.69, 9.17) is 30.5 Å². The molecule has 0 radical (unpaired) electrons. The number of nitrogens with zero attached hydrogens (tertiary/aromatic N) is 1. The molecule has 0 spiro atoms. The van der Waals surface area contributed by atoms with Crippen LogP contribution in [0.4, 0.5) is 5.82 Å². The lowest BCUT2D eigenvalue weighted by atomic mass is 9.96. The maximum absolute atomic E-state index is 11.8. The molecule has 0 aliphatic carbocycles. The molecule has 1 atom stereocenters. The Hall–Kier alpha value is -4.84. The van der Waals surface area contributed by atoms with Crippen LogP contribution in [0.25, 0.3) is 11.1 Å². The number of benzene rings is 3. The van der Waals surface area contributed by atoms with Gasteiger partial charge in [0.1, 0.15) is 49.3 Å². The molecule has 0 unspecified atom stereocenters. The number of carbonyl (C=O) groups excluding carboxylic acids is 1. The molecule has 0 bridgehead atoms. The van der Waals surface area contributed by atoms with Gasteiger partial charge in [0.05, 0.1) is 11.6 Å². The van der Waals surface area contributed by atoms with Crippen LogP contribution >= 0.6 is 11.6 Å². The van der Waals surface area contributed by atoms with Crippen molar-refractivity contribution in [2.75, 3.05) is 25.1 Å². The quantitative estimate of drug-likeness (QED) is 0.144. The van der Waals surface area contributed by atoms with Crippen LogP contribution in [0.1, 0.15) is 36.1 Å². The Bertz CT molecular complexity index is 1780. The number of hydrogen-bond donors (Lipinski definition) is 4. The largest absolute Gasteiger partial charge is 0.488 e. The zero-order chi connectivity index (χ0) is 33.6. The molecule has 0 saturated carbocycles. The van der Waals surface area contributed by atoms with Crippen LogP contribution in [0, 0.1) is 6.92 Å². The maximum atomic E-state index is 11.8. The number of anilines is 1. The fraction of sp³-hybridized carbons (Fsp3) is 0.286. The molecule has 0 saturated heterocycles. The van der Waals surface area contributed by atoms with Gasteiger partial charge in [-0.05, 0) is 72.0 Å². The average Bonchev–Trinajstić information content (AvgIpc) is 3.06. The first-order chi connectivity index (χ1) is 22.6. The van der Waals surface area contributed by atoms with Gasteiger partial charge in [-0.3, -0.25) is 14.9 Å². The van der Waals surface area contributed by atoms with E-state index >= 15 is 0 Å². The van der Waals surface area contributed by atoms with E-state index in [1.54, 1.807) is 30.5 Å². The van der Waals surface area contributed by atoms with E-state index in [9.17, 15) is 19.8 Å². The summed E-state index contributed by atoms with van der Waals surface area (Å²) in [7, 11) is 0. The summed E-state index contributed by atoms with van der Waals surface area (Å²) in [5, 5.41) is 25.2. The topological polar surface area (TPSA) is 148 Å². The fourth-order valence-corrected chi connectivity index (χ4v) is 5.18. The van der Waals surface area contributed by atoms with Gasteiger partial charge in [0.2, 0.25) is 5.91 Å². The SMILES string of the molecule is CC(=O)Nc1cc(COc2cc(OCc3cccc(-c4ccc5c(c4)OCCO5)c3C)c(Cl)cc2CN[C@@](C)(CO)C(=O)O)ccn1. The van der Waals surface area contributed by atoms with Crippen molar-refractivity contribution in [2.45, 2.75) is 46.1 Å². The van der Waals surface area contributed by atoms with Crippen LogP contribution in [-0.2, 0) is 29.3 Å². The molecule has 12 heteroatoms. The average molecular weight is 662 g/mol. The second-order valence-electron chi connectivity index (χ2n) is 11.3. The number of aliphatic carboxylic acids is 1. The third kappa shape index (κ3) is 8.12. The number of hydrogen-bond acceptors (Lipinski definition) is 9. The molecule has 11 nitrogen and oxygen atoms in total. The number of carbonyl (C=O) groups is 2. The van der Waals surface area contributed by atoms with Gasteiger partial charge in [0.25, 0.3) is 0 Å². The molecular weight excluding hydrogens is 626 g/mol. The number of halogens is 1. The molecule has 1 aliphatic rings. The van der Waals surface area contributed by atoms with Crippen molar-refractivity contribution in [3.8, 4) is 34.1 Å². The number of aliphatic hydroxyl groups is 1. The molecule has 2 heterocycles. The highest BCUT2D eigenvalue weighted by Gasteiger charge is 2.32. The number of rotatable bonds is 13. The second kappa shape index (κ2) is 14.7. The Morgan fingerprint density at radius 1 is 0.979 bits per heavy atom. The summed E-state index contributed by atoms with van der Waals surface area (Å²) in [6.45, 7) is 5.57. The van der Waals surface area contributed by atoms with Gasteiger partial charge >= 0.3 is 5.97 Å². The monoisotopic (exact) mass is 661 g/mol. The Labute approximate surface area is 277 Å². The molecule has 0 fully saturated rings. The van der Waals surface area contributed by atoms with Crippen LogP contribution in [0.2, 0.25) is 5.02 Å². The molecule has 4 N–H and O–H groups in total. The molecule has 1 amide bonds. The standard InChI is InChI=1S/C35H36ClN3O8/c1-21-25(5-4-6-27(21)24-7-8-29-32(15-24)45-12-11-44-29)19-47-31-16-30(46-18-23-9-10-37-33(13-23)39-22(2)41)26(14-28(31)36)17-38-35(3,20-40)34(42)43/h4-10,13-16,38,40H,11-12,17-20H2,1-3H3,(H,42,43)(H,37,39,41)/t35-/m0/s1. The Kier molecular flexibility index (Phi) is 10.5. The number of aromatic nitrogens is 1. The van der Waals surface area contributed by atoms with Crippen molar-refractivity contribution in [1.82, 2.24) is 10.3 Å². The number of nitrogens with one attached hydrogen (secondary N) is 2. The third-order valence-electron chi connectivity index (χ3n) is 7.78. The van der Waals surface area contributed by atoms with Crippen molar-refractivity contribution >= 4 is 29.3 Å². The van der Waals surface area contributed by atoms with Crippen LogP contribution < -0.4 is 29.6 Å². The lowest BCUT2D eigenvalue weighted by molar-refractivity contribution is -0.145. The molecule has 1 aromatic heterocycles. The van der Waals surface area contributed by atoms with Gasteiger partial charge in [-0.15, -0.1) is 0 Å². The number of pyridine rings is 1. The highest BCUT2D eigenvalue weighted by molar-refractivity contribution is 6.32. The highest BCUT2D eigenvalue weighted by Crippen LogP contribution is 2.37. The zero-order valence-corrected chi connectivity index (χ0v) is 27.0. The van der Waals surface area contributed by atoms with E-state index < -0.39 is 18.1 Å². The number of fused-ring (bicyclic) bond motifs is 1. The first-order valence-corrected chi connectivity index (χ1v) is 15.3. The van der Waals surface area contributed by atoms with Gasteiger partial charge < -0.3 is 34.5 Å². The maximum Gasteiger partial charge on any atom is 0.326 e. The number of carboxylic acids is 1. The van der Waals surface area contributed by atoms with Crippen molar-refractivity contribution in [3.63, 3.8) is 0 Å². The Morgan fingerprint density at radius 3 is 2.49 bits per heavy atom. The zero-order valence-electron chi connectivity index (χ0n) is 26.3. The predicted octanol–water partition coefficient (Wildman–Crippen LogP) is 5.52. The molecular formula is C35H36ClN3O8. The minimum Gasteiger partial charge on any atom is -0.488 e. The van der Waals surface area contributed by atoms with E-state index in [1.165, 1.54) is 13.8 Å². The Balaban J connectivity index is 1.38. The summed E-state index contributed by atoms with van der Waals surface area (Å²) in [6, 6.07) is 18.6. The van der Waals surface area contributed by atoms with E-state index in [-0.39, 0.29) is 25.7 Å². The second-order valence-corrected chi connectivity index (χ2v) is 11.7. The van der Waals surface area contributed by atoms with Crippen molar-refractivity contribution in [3.05, 3.63) is 94.1 Å². The number of ether oxygens (including phenoxy) is 4. The third-order valence-corrected chi connectivity index (χ3v) is 8.07. The van der Waals surface area contributed by atoms with Crippen molar-refractivity contribution in [1.29, 1.82) is 0 Å². The first-order valence-electron chi connectivity index (χ1n) is 14.9. The lowest BCUT2D eigenvalue weighted by Crippen LogP contribution is -2.52. The lowest BCUT2D eigenvalue weighted by Gasteiger charge is -2.25. The highest BCUT2D eigenvalue weighted by atomic mass is 35.5. The Morgan fingerprint density at radius 2 is 1.74 bits per heavy atom. The molecule has 246 valence electrons. The molecule has 1 aliphatic heterocycles. The summed E-state index contributed by atoms with van der Waals surface area (Å²) < 4.78 is 23.9. The normalized spacial score (nSPS) is 13.4. The van der Waals surface area contributed by atoms with Crippen LogP contribution in [0.3, 0.4) is 0 Å². The van der Waals surface area contributed by atoms with Crippen LogP contribution in [-0.4, -0.2) is 52.4 Å². The summed E-state index contributed by atoms with van der Waals surface area (Å²) in [5.41, 5.74) is 3.70. The molecule has 5 rings (SSSR count). The van der Waals surface area contributed by atoms with Crippen molar-refractivity contribution in [2.24, 2.45) is 0 Å². The van der Waals surface area contributed by atoms with E-state index in [0.29, 0.717) is 46.9 Å². The van der Waals surface area contributed by atoms with Gasteiger partial charge in [-0.25, -0.2) is 4.98 Å². The minimum absolute atomic E-state index is 0.0306. The van der Waals surface area contributed by atoms with Gasteiger partial charge in [-0.1, -0.05) is 35.9 Å². The van der Waals surface area contributed by atoms with Crippen LogP contribution in [0.5, 0.6) is 23.0 Å². The van der Waals surface area contributed by atoms with Gasteiger partial charge in [0.15, 0.2) is 11.5 Å². The smallest absolute Gasteiger partial charge is 0.326 e. The van der Waals surface area contributed by atoms with Crippen LogP contribution in [0.15, 0.2) is 66.9 Å². The first kappa shape index (κ1) is 33.5. The van der Waals surface area contributed by atoms with E-state index in [1.807, 2.05) is 43.3 Å². The number of amides is 1. The molecule has 47 heavy (non-hydrogen) atoms. The predicted molar refractivity (Wildman–Crippen MR) is 176 cm³/mol. The van der Waals surface area contributed by atoms with E-state index in [2.05, 4.69) is 15.6 Å². The summed E-state index contributed by atoms with van der Waals surface area (Å²) >= 11 is 6.69. The number of aliphatic hydroxyl groups excluding tert-OH is 1. The fourth-order valence-electron chi connectivity index (χ4n) is 4.94.